The molecule has 0 radical (unpaired) electrons. The lowest BCUT2D eigenvalue weighted by molar-refractivity contribution is 0.360. The molecule has 20 heavy (non-hydrogen) atoms. The third-order valence-electron chi connectivity index (χ3n) is 2.70. The Morgan fingerprint density at radius 1 is 1.40 bits per heavy atom. The van der Waals surface area contributed by atoms with Crippen LogP contribution in [0.25, 0.3) is 0 Å². The largest absolute Gasteiger partial charge is 0.338 e. The molecule has 2 rings (SSSR count). The van der Waals surface area contributed by atoms with Crippen LogP contribution in [0.15, 0.2) is 22.7 Å². The molecule has 6 heteroatoms. The molecule has 1 N–H and O–H groups in total. The normalized spacial score (nSPS) is 11.2. The van der Waals surface area contributed by atoms with Gasteiger partial charge in [-0.3, -0.25) is 0 Å². The topological polar surface area (TPSA) is 51.0 Å². The number of nitrogens with zero attached hydrogens (tertiary/aromatic N) is 2. The zero-order valence-corrected chi connectivity index (χ0v) is 12.2. The van der Waals surface area contributed by atoms with Gasteiger partial charge in [-0.25, -0.2) is 4.39 Å². The third kappa shape index (κ3) is 4.28. The Labute approximate surface area is 122 Å². The summed E-state index contributed by atoms with van der Waals surface area (Å²) in [5.41, 5.74) is 0.774. The molecule has 0 amide bonds. The van der Waals surface area contributed by atoms with Crippen LogP contribution in [0.3, 0.4) is 0 Å². The summed E-state index contributed by atoms with van der Waals surface area (Å²) in [5.74, 6) is 1.29. The van der Waals surface area contributed by atoms with Crippen LogP contribution >= 0.6 is 11.6 Å². The predicted molar refractivity (Wildman–Crippen MR) is 75.1 cm³/mol. The van der Waals surface area contributed by atoms with E-state index in [1.807, 2.05) is 0 Å². The van der Waals surface area contributed by atoms with Crippen molar-refractivity contribution in [2.24, 2.45) is 5.92 Å². The summed E-state index contributed by atoms with van der Waals surface area (Å²) >= 11 is 5.97. The Bertz CT molecular complexity index is 571. The minimum Gasteiger partial charge on any atom is -0.338 e. The summed E-state index contributed by atoms with van der Waals surface area (Å²) in [6.07, 6.45) is 0.423. The highest BCUT2D eigenvalue weighted by molar-refractivity contribution is 6.31. The molecule has 0 fully saturated rings. The molecule has 2 aromatic rings. The Hall–Kier alpha value is -1.46. The van der Waals surface area contributed by atoms with Crippen molar-refractivity contribution in [3.8, 4) is 0 Å². The van der Waals surface area contributed by atoms with Gasteiger partial charge in [0.05, 0.1) is 6.54 Å². The number of rotatable bonds is 6. The van der Waals surface area contributed by atoms with Crippen LogP contribution in [0, 0.1) is 11.7 Å². The van der Waals surface area contributed by atoms with Crippen molar-refractivity contribution < 1.29 is 8.91 Å². The minimum absolute atomic E-state index is 0.356. The molecule has 4 nitrogen and oxygen atoms in total. The van der Waals surface area contributed by atoms with E-state index in [9.17, 15) is 4.39 Å². The van der Waals surface area contributed by atoms with Gasteiger partial charge in [-0.05, 0) is 30.2 Å². The van der Waals surface area contributed by atoms with Crippen molar-refractivity contribution in [2.75, 3.05) is 6.54 Å². The first kappa shape index (κ1) is 14.9. The average Bonchev–Trinajstić information content (AvgIpc) is 2.80. The molecule has 0 aliphatic rings. The van der Waals surface area contributed by atoms with E-state index in [0.29, 0.717) is 35.6 Å². The quantitative estimate of drug-likeness (QED) is 0.889. The molecule has 1 aromatic carbocycles. The van der Waals surface area contributed by atoms with E-state index in [1.165, 1.54) is 12.1 Å². The molecule has 0 aliphatic heterocycles. The number of hydrogen-bond acceptors (Lipinski definition) is 4. The Morgan fingerprint density at radius 3 is 2.90 bits per heavy atom. The third-order valence-corrected chi connectivity index (χ3v) is 3.05. The summed E-state index contributed by atoms with van der Waals surface area (Å²) in [5, 5.41) is 7.49. The zero-order chi connectivity index (χ0) is 14.5. The zero-order valence-electron chi connectivity index (χ0n) is 11.5. The second-order valence-electron chi connectivity index (χ2n) is 5.04. The Morgan fingerprint density at radius 2 is 2.20 bits per heavy atom. The molecule has 0 saturated heterocycles. The fourth-order valence-corrected chi connectivity index (χ4v) is 1.97. The maximum absolute atomic E-state index is 13.0. The molecular formula is C14H17ClFN3O. The maximum atomic E-state index is 13.0. The van der Waals surface area contributed by atoms with Gasteiger partial charge in [0.2, 0.25) is 5.89 Å². The molecule has 0 saturated carbocycles. The predicted octanol–water partition coefficient (Wildman–Crippen LogP) is 3.20. The van der Waals surface area contributed by atoms with E-state index in [0.717, 1.165) is 12.1 Å². The van der Waals surface area contributed by atoms with Gasteiger partial charge in [0, 0.05) is 11.4 Å². The monoisotopic (exact) mass is 297 g/mol. The number of nitrogens with one attached hydrogen (secondary N) is 1. The summed E-state index contributed by atoms with van der Waals surface area (Å²) in [4.78, 5) is 4.27. The van der Waals surface area contributed by atoms with Gasteiger partial charge in [-0.15, -0.1) is 0 Å². The van der Waals surface area contributed by atoms with Gasteiger partial charge in [0.1, 0.15) is 5.82 Å². The van der Waals surface area contributed by atoms with Gasteiger partial charge >= 0.3 is 0 Å². The highest BCUT2D eigenvalue weighted by Gasteiger charge is 2.10. The fraction of sp³-hybridized carbons (Fsp3) is 0.429. The average molecular weight is 298 g/mol. The van der Waals surface area contributed by atoms with E-state index in [2.05, 4.69) is 29.3 Å². The number of benzene rings is 1. The van der Waals surface area contributed by atoms with Crippen LogP contribution in [0.2, 0.25) is 5.02 Å². The summed E-state index contributed by atoms with van der Waals surface area (Å²) in [6.45, 7) is 5.69. The van der Waals surface area contributed by atoms with Crippen LogP contribution in [0.1, 0.15) is 31.1 Å². The van der Waals surface area contributed by atoms with E-state index < -0.39 is 0 Å². The maximum Gasteiger partial charge on any atom is 0.240 e. The van der Waals surface area contributed by atoms with Crippen LogP contribution < -0.4 is 5.32 Å². The molecular weight excluding hydrogens is 281 g/mol. The van der Waals surface area contributed by atoms with E-state index in [4.69, 9.17) is 16.1 Å². The smallest absolute Gasteiger partial charge is 0.240 e. The molecule has 1 aromatic heterocycles. The van der Waals surface area contributed by atoms with Crippen LogP contribution in [0.5, 0.6) is 0 Å². The van der Waals surface area contributed by atoms with Crippen LogP contribution in [-0.4, -0.2) is 16.7 Å². The molecule has 108 valence electrons. The van der Waals surface area contributed by atoms with E-state index in [-0.39, 0.29) is 5.82 Å². The lowest BCUT2D eigenvalue weighted by atomic mass is 10.1. The molecule has 0 atom stereocenters. The van der Waals surface area contributed by atoms with E-state index in [1.54, 1.807) is 6.07 Å². The first-order valence-electron chi connectivity index (χ1n) is 6.50. The van der Waals surface area contributed by atoms with Gasteiger partial charge in [-0.1, -0.05) is 36.7 Å². The highest BCUT2D eigenvalue weighted by atomic mass is 35.5. The lowest BCUT2D eigenvalue weighted by Gasteiger charge is -2.03. The fourth-order valence-electron chi connectivity index (χ4n) is 1.74. The van der Waals surface area contributed by atoms with Crippen molar-refractivity contribution in [2.45, 2.75) is 26.8 Å². The lowest BCUT2D eigenvalue weighted by Crippen LogP contribution is -2.19. The van der Waals surface area contributed by atoms with E-state index >= 15 is 0 Å². The summed E-state index contributed by atoms with van der Waals surface area (Å²) < 4.78 is 18.1. The van der Waals surface area contributed by atoms with Crippen molar-refractivity contribution in [3.63, 3.8) is 0 Å². The second kappa shape index (κ2) is 6.81. The molecule has 0 spiro atoms. The molecule has 0 aliphatic carbocycles. The van der Waals surface area contributed by atoms with Crippen LogP contribution in [-0.2, 0) is 13.0 Å². The summed E-state index contributed by atoms with van der Waals surface area (Å²) in [6, 6.07) is 4.28. The molecule has 0 bridgehead atoms. The standard InChI is InChI=1S/C14H17ClFN3O/c1-9(2)7-17-8-14-18-13(19-20-14)5-10-3-4-11(16)6-12(10)15/h3-4,6,9,17H,5,7-8H2,1-2H3. The van der Waals surface area contributed by atoms with Crippen molar-refractivity contribution in [3.05, 3.63) is 46.3 Å². The number of hydrogen-bond donors (Lipinski definition) is 1. The van der Waals surface area contributed by atoms with Crippen molar-refractivity contribution in [1.29, 1.82) is 0 Å². The van der Waals surface area contributed by atoms with Gasteiger partial charge in [0.25, 0.3) is 0 Å². The van der Waals surface area contributed by atoms with Crippen LogP contribution in [0.4, 0.5) is 4.39 Å². The first-order valence-corrected chi connectivity index (χ1v) is 6.88. The second-order valence-corrected chi connectivity index (χ2v) is 5.45. The van der Waals surface area contributed by atoms with Crippen molar-refractivity contribution in [1.82, 2.24) is 15.5 Å². The number of halogens is 2. The van der Waals surface area contributed by atoms with Gasteiger partial charge < -0.3 is 9.84 Å². The van der Waals surface area contributed by atoms with Gasteiger partial charge in [0.15, 0.2) is 5.82 Å². The number of aromatic nitrogens is 2. The van der Waals surface area contributed by atoms with Gasteiger partial charge in [-0.2, -0.15) is 4.98 Å². The highest BCUT2D eigenvalue weighted by Crippen LogP contribution is 2.19. The Kier molecular flexibility index (Phi) is 5.09. The summed E-state index contributed by atoms with van der Waals surface area (Å²) in [7, 11) is 0. The SMILES string of the molecule is CC(C)CNCc1nc(Cc2ccc(F)cc2Cl)no1. The first-order chi connectivity index (χ1) is 9.54. The van der Waals surface area contributed by atoms with Crippen molar-refractivity contribution >= 4 is 11.6 Å². The molecule has 0 unspecified atom stereocenters. The Balaban J connectivity index is 1.95. The minimum atomic E-state index is -0.356. The molecule has 1 heterocycles.